The average Bonchev–Trinajstić information content (AvgIpc) is 2.48. The van der Waals surface area contributed by atoms with Crippen LogP contribution in [0.4, 0.5) is 5.69 Å². The minimum Gasteiger partial charge on any atom is -0.482 e. The Morgan fingerprint density at radius 2 is 1.91 bits per heavy atom. The maximum absolute atomic E-state index is 11.7. The summed E-state index contributed by atoms with van der Waals surface area (Å²) in [4.78, 5) is 21.8. The van der Waals surface area contributed by atoms with Crippen LogP contribution in [0, 0.1) is 17.0 Å². The molecule has 0 saturated carbocycles. The molecular formula is C15H12ClNO5. The summed E-state index contributed by atoms with van der Waals surface area (Å²) in [6, 6.07) is 10.5. The quantitative estimate of drug-likeness (QED) is 0.364. The van der Waals surface area contributed by atoms with E-state index in [0.29, 0.717) is 22.1 Å². The largest absolute Gasteiger partial charge is 0.482 e. The van der Waals surface area contributed by atoms with E-state index in [9.17, 15) is 14.9 Å². The van der Waals surface area contributed by atoms with Crippen LogP contribution in [0.15, 0.2) is 42.5 Å². The molecule has 2 aromatic rings. The predicted molar refractivity (Wildman–Crippen MR) is 80.4 cm³/mol. The number of halogens is 1. The van der Waals surface area contributed by atoms with Gasteiger partial charge in [-0.2, -0.15) is 0 Å². The first-order chi connectivity index (χ1) is 10.5. The van der Waals surface area contributed by atoms with Crippen molar-refractivity contribution in [2.75, 3.05) is 6.61 Å². The number of hydrogen-bond donors (Lipinski definition) is 0. The molecular weight excluding hydrogens is 310 g/mol. The lowest BCUT2D eigenvalue weighted by Crippen LogP contribution is -2.18. The zero-order valence-electron chi connectivity index (χ0n) is 11.6. The Labute approximate surface area is 131 Å². The van der Waals surface area contributed by atoms with Crippen LogP contribution in [-0.4, -0.2) is 17.5 Å². The lowest BCUT2D eigenvalue weighted by molar-refractivity contribution is -0.384. The summed E-state index contributed by atoms with van der Waals surface area (Å²) in [5.74, 6) is 0.164. The Morgan fingerprint density at radius 3 is 2.50 bits per heavy atom. The molecule has 0 radical (unpaired) electrons. The fourth-order valence-corrected chi connectivity index (χ4v) is 1.84. The molecule has 0 aliphatic rings. The zero-order valence-corrected chi connectivity index (χ0v) is 12.4. The zero-order chi connectivity index (χ0) is 16.1. The summed E-state index contributed by atoms with van der Waals surface area (Å²) in [5, 5.41) is 11.2. The maximum atomic E-state index is 11.7. The molecule has 0 aromatic heterocycles. The fraction of sp³-hybridized carbons (Fsp3) is 0.133. The average molecular weight is 322 g/mol. The van der Waals surface area contributed by atoms with Crippen molar-refractivity contribution in [3.63, 3.8) is 0 Å². The fourth-order valence-electron chi connectivity index (χ4n) is 1.71. The highest BCUT2D eigenvalue weighted by Crippen LogP contribution is 2.23. The molecule has 0 heterocycles. The first-order valence-corrected chi connectivity index (χ1v) is 6.67. The second-order valence-corrected chi connectivity index (χ2v) is 4.86. The molecule has 0 atom stereocenters. The Bertz CT molecular complexity index is 700. The van der Waals surface area contributed by atoms with E-state index in [4.69, 9.17) is 21.1 Å². The van der Waals surface area contributed by atoms with Crippen LogP contribution in [0.3, 0.4) is 0 Å². The van der Waals surface area contributed by atoms with E-state index in [0.717, 1.165) is 0 Å². The number of rotatable bonds is 5. The van der Waals surface area contributed by atoms with Gasteiger partial charge in [-0.3, -0.25) is 10.1 Å². The van der Waals surface area contributed by atoms with Crippen LogP contribution < -0.4 is 9.47 Å². The highest BCUT2D eigenvalue weighted by molar-refractivity contribution is 6.30. The van der Waals surface area contributed by atoms with Crippen molar-refractivity contribution in [2.24, 2.45) is 0 Å². The van der Waals surface area contributed by atoms with Gasteiger partial charge in [-0.25, -0.2) is 4.79 Å². The Kier molecular flexibility index (Phi) is 4.95. The minimum atomic E-state index is -0.583. The molecule has 0 bridgehead atoms. The summed E-state index contributed by atoms with van der Waals surface area (Å²) in [6.07, 6.45) is 0. The van der Waals surface area contributed by atoms with Crippen LogP contribution in [0.1, 0.15) is 5.56 Å². The van der Waals surface area contributed by atoms with Gasteiger partial charge in [-0.05, 0) is 42.8 Å². The molecule has 114 valence electrons. The van der Waals surface area contributed by atoms with Gasteiger partial charge in [0.2, 0.25) is 0 Å². The number of nitrogens with zero attached hydrogens (tertiary/aromatic N) is 1. The van der Waals surface area contributed by atoms with Crippen LogP contribution >= 0.6 is 11.6 Å². The number of nitro groups is 1. The smallest absolute Gasteiger partial charge is 0.349 e. The summed E-state index contributed by atoms with van der Waals surface area (Å²) in [6.45, 7) is 1.36. The number of ether oxygens (including phenoxy) is 2. The van der Waals surface area contributed by atoms with Gasteiger partial charge in [0.25, 0.3) is 5.69 Å². The number of aryl methyl sites for hydroxylation is 1. The third-order valence-corrected chi connectivity index (χ3v) is 3.01. The summed E-state index contributed by atoms with van der Waals surface area (Å²) in [7, 11) is 0. The molecule has 0 N–H and O–H groups in total. The number of benzene rings is 2. The van der Waals surface area contributed by atoms with E-state index in [2.05, 4.69) is 0 Å². The SMILES string of the molecule is Cc1cc([N+](=O)[O-])ccc1OCC(=O)Oc1ccc(Cl)cc1. The van der Waals surface area contributed by atoms with Crippen LogP contribution in [0.5, 0.6) is 11.5 Å². The van der Waals surface area contributed by atoms with Crippen molar-refractivity contribution in [1.82, 2.24) is 0 Å². The van der Waals surface area contributed by atoms with Gasteiger partial charge >= 0.3 is 5.97 Å². The highest BCUT2D eigenvalue weighted by atomic mass is 35.5. The van der Waals surface area contributed by atoms with Crippen molar-refractivity contribution >= 4 is 23.3 Å². The molecule has 7 heteroatoms. The van der Waals surface area contributed by atoms with Crippen molar-refractivity contribution in [1.29, 1.82) is 0 Å². The van der Waals surface area contributed by atoms with E-state index in [-0.39, 0.29) is 12.3 Å². The van der Waals surface area contributed by atoms with Crippen molar-refractivity contribution in [2.45, 2.75) is 6.92 Å². The molecule has 0 unspecified atom stereocenters. The van der Waals surface area contributed by atoms with Crippen molar-refractivity contribution in [3.05, 3.63) is 63.2 Å². The van der Waals surface area contributed by atoms with E-state index in [1.54, 1.807) is 31.2 Å². The standard InChI is InChI=1S/C15H12ClNO5/c1-10-8-12(17(19)20)4-7-14(10)21-9-15(18)22-13-5-2-11(16)3-6-13/h2-8H,9H2,1H3. The van der Waals surface area contributed by atoms with Gasteiger partial charge in [0.1, 0.15) is 11.5 Å². The molecule has 2 aromatic carbocycles. The first-order valence-electron chi connectivity index (χ1n) is 6.30. The normalized spacial score (nSPS) is 10.1. The van der Waals surface area contributed by atoms with Crippen molar-refractivity contribution < 1.29 is 19.2 Å². The number of carbonyl (C=O) groups is 1. The molecule has 2 rings (SSSR count). The third-order valence-electron chi connectivity index (χ3n) is 2.76. The summed E-state index contributed by atoms with van der Waals surface area (Å²) < 4.78 is 10.4. The minimum absolute atomic E-state index is 0.0337. The first kappa shape index (κ1) is 15.8. The monoisotopic (exact) mass is 321 g/mol. The van der Waals surface area contributed by atoms with E-state index in [1.807, 2.05) is 0 Å². The Balaban J connectivity index is 1.93. The summed E-state index contributed by atoms with van der Waals surface area (Å²) in [5.41, 5.74) is 0.530. The number of non-ortho nitro benzene ring substituents is 1. The summed E-state index contributed by atoms with van der Waals surface area (Å²) >= 11 is 5.73. The molecule has 0 spiro atoms. The second-order valence-electron chi connectivity index (χ2n) is 4.42. The molecule has 22 heavy (non-hydrogen) atoms. The van der Waals surface area contributed by atoms with Crippen LogP contribution in [-0.2, 0) is 4.79 Å². The van der Waals surface area contributed by atoms with Gasteiger partial charge in [-0.15, -0.1) is 0 Å². The maximum Gasteiger partial charge on any atom is 0.349 e. The van der Waals surface area contributed by atoms with Crippen molar-refractivity contribution in [3.8, 4) is 11.5 Å². The second kappa shape index (κ2) is 6.91. The molecule has 6 nitrogen and oxygen atoms in total. The van der Waals surface area contributed by atoms with Gasteiger partial charge in [0.05, 0.1) is 4.92 Å². The number of hydrogen-bond acceptors (Lipinski definition) is 5. The van der Waals surface area contributed by atoms with Gasteiger partial charge in [-0.1, -0.05) is 11.6 Å². The lowest BCUT2D eigenvalue weighted by Gasteiger charge is -2.09. The number of esters is 1. The Morgan fingerprint density at radius 1 is 1.23 bits per heavy atom. The van der Waals surface area contributed by atoms with Gasteiger partial charge in [0.15, 0.2) is 6.61 Å². The van der Waals surface area contributed by atoms with Crippen LogP contribution in [0.25, 0.3) is 0 Å². The van der Waals surface area contributed by atoms with Gasteiger partial charge < -0.3 is 9.47 Å². The van der Waals surface area contributed by atoms with Gasteiger partial charge in [0, 0.05) is 17.2 Å². The highest BCUT2D eigenvalue weighted by Gasteiger charge is 2.11. The molecule has 0 fully saturated rings. The lowest BCUT2D eigenvalue weighted by atomic mass is 10.2. The topological polar surface area (TPSA) is 78.7 Å². The van der Waals surface area contributed by atoms with E-state index in [1.165, 1.54) is 18.2 Å². The molecule has 0 amide bonds. The molecule has 0 saturated heterocycles. The number of carbonyl (C=O) groups excluding carboxylic acids is 1. The molecule has 0 aliphatic carbocycles. The third kappa shape index (κ3) is 4.20. The Hall–Kier alpha value is -2.60. The van der Waals surface area contributed by atoms with Crippen LogP contribution in [0.2, 0.25) is 5.02 Å². The van der Waals surface area contributed by atoms with E-state index < -0.39 is 10.9 Å². The number of nitro benzene ring substituents is 1. The van der Waals surface area contributed by atoms with E-state index >= 15 is 0 Å². The predicted octanol–water partition coefficient (Wildman–Crippen LogP) is 3.54. The molecule has 0 aliphatic heterocycles.